The Balaban J connectivity index is -0.000000320. The topological polar surface area (TPSA) is 136 Å². The average Bonchev–Trinajstić information content (AvgIpc) is 1.14. The molecule has 0 aliphatic heterocycles. The second-order valence-corrected chi connectivity index (χ2v) is 3.42. The molecular weight excluding hydrogens is 288 g/mol. The second-order valence-electron chi connectivity index (χ2n) is 0.976. The fourth-order valence-electron chi connectivity index (χ4n) is 0.122. The third-order valence-electron chi connectivity index (χ3n) is 0.200. The van der Waals surface area contributed by atoms with E-state index in [1.807, 2.05) is 0 Å². The summed E-state index contributed by atoms with van der Waals surface area (Å²) in [6.07, 6.45) is 0. The molecule has 70 valence electrons. The number of phosphoric acid groups is 2. The van der Waals surface area contributed by atoms with Gasteiger partial charge < -0.3 is 33.0 Å². The fourth-order valence-corrected chi connectivity index (χ4v) is 1.10. The van der Waals surface area contributed by atoms with Crippen molar-refractivity contribution in [3.8, 4) is 0 Å². The molecule has 0 fully saturated rings. The summed E-state index contributed by atoms with van der Waals surface area (Å²) in [5.74, 6) is 0. The Bertz CT molecular complexity index is 157. The van der Waals surface area contributed by atoms with Crippen LogP contribution in [0.1, 0.15) is 0 Å². The molecule has 11 heteroatoms. The molecule has 0 aromatic carbocycles. The first-order valence-electron chi connectivity index (χ1n) is 1.46. The number of hydrogen-bond donors (Lipinski definition) is 0. The van der Waals surface area contributed by atoms with Crippen LogP contribution in [0.5, 0.6) is 0 Å². The molecule has 7 nitrogen and oxygen atoms in total. The van der Waals surface area contributed by atoms with Gasteiger partial charge >= 0.3 is 33.6 Å². The Kier molecular flexibility index (Phi) is 9.63. The largest absolute Gasteiger partial charge is 2.00 e. The maximum absolute atomic E-state index is 9.32. The van der Waals surface area contributed by atoms with Crippen LogP contribution in [0.25, 0.3) is 0 Å². The van der Waals surface area contributed by atoms with Crippen molar-refractivity contribution in [2.75, 3.05) is 0 Å². The maximum Gasteiger partial charge on any atom is 2.00 e. The van der Waals surface area contributed by atoms with Crippen LogP contribution in [0.2, 0.25) is 0 Å². The van der Waals surface area contributed by atoms with E-state index in [1.165, 1.54) is 0 Å². The van der Waals surface area contributed by atoms with Crippen LogP contribution in [0.15, 0.2) is 0 Å². The molecule has 0 heterocycles. The van der Waals surface area contributed by atoms with Gasteiger partial charge in [0.2, 0.25) is 0 Å². The van der Waals surface area contributed by atoms with E-state index in [2.05, 4.69) is 4.31 Å². The zero-order valence-electron chi connectivity index (χ0n) is 4.42. The summed E-state index contributed by atoms with van der Waals surface area (Å²) in [5, 5.41) is 0. The number of hydrogen-bond acceptors (Lipinski definition) is 7. The maximum atomic E-state index is 9.32. The summed E-state index contributed by atoms with van der Waals surface area (Å²) in [5.41, 5.74) is 0. The minimum atomic E-state index is -5.68. The van der Waals surface area contributed by atoms with Crippen molar-refractivity contribution in [1.29, 1.82) is 0 Å². The molecular formula is FeNiO7P2. The van der Waals surface area contributed by atoms with Crippen molar-refractivity contribution < 1.29 is 66.6 Å². The van der Waals surface area contributed by atoms with Crippen LogP contribution < -0.4 is 19.6 Å². The van der Waals surface area contributed by atoms with Crippen molar-refractivity contribution in [3.63, 3.8) is 0 Å². The van der Waals surface area contributed by atoms with Gasteiger partial charge in [-0.15, -0.1) is 0 Å². The molecule has 0 unspecified atom stereocenters. The van der Waals surface area contributed by atoms with Gasteiger partial charge in [0.15, 0.2) is 0 Å². The molecule has 0 spiro atoms. The predicted octanol–water partition coefficient (Wildman–Crippen LogP) is -3.34. The van der Waals surface area contributed by atoms with Crippen molar-refractivity contribution in [2.45, 2.75) is 0 Å². The van der Waals surface area contributed by atoms with Gasteiger partial charge in [-0.1, -0.05) is 0 Å². The summed E-state index contributed by atoms with van der Waals surface area (Å²) in [6.45, 7) is 0. The summed E-state index contributed by atoms with van der Waals surface area (Å²) in [4.78, 5) is 37.3. The minimum Gasteiger partial charge on any atom is -0.790 e. The molecule has 0 aromatic rings. The molecule has 0 aliphatic carbocycles. The zero-order chi connectivity index (χ0) is 7.71. The standard InChI is InChI=1S/Fe.Ni.H4O7P2/c;;1-8(2,3)7-9(4,5)6/h;;(H2,1,2,3)(H2,4,5,6)/q2*+2;/p-4. The van der Waals surface area contributed by atoms with E-state index in [4.69, 9.17) is 0 Å². The van der Waals surface area contributed by atoms with Crippen LogP contribution in [0.3, 0.4) is 0 Å². The zero-order valence-corrected chi connectivity index (χ0v) is 8.30. The molecule has 0 saturated carbocycles. The first-order chi connectivity index (χ1) is 3.71. The molecule has 0 aromatic heterocycles. The Hall–Kier alpha value is 1.27. The van der Waals surface area contributed by atoms with Crippen molar-refractivity contribution in [1.82, 2.24) is 0 Å². The minimum absolute atomic E-state index is 0. The van der Waals surface area contributed by atoms with E-state index in [1.54, 1.807) is 0 Å². The van der Waals surface area contributed by atoms with Crippen LogP contribution in [0, 0.1) is 0 Å². The normalized spacial score (nSPS) is 11.3. The van der Waals surface area contributed by atoms with Gasteiger partial charge in [0.05, 0.1) is 15.6 Å². The monoisotopic (exact) mass is 288 g/mol. The second kappa shape index (κ2) is 5.84. The Morgan fingerprint density at radius 3 is 1.09 bits per heavy atom. The Morgan fingerprint density at radius 2 is 1.09 bits per heavy atom. The van der Waals surface area contributed by atoms with Gasteiger partial charge in [0.1, 0.15) is 0 Å². The predicted molar refractivity (Wildman–Crippen MR) is 16.3 cm³/mol. The van der Waals surface area contributed by atoms with Gasteiger partial charge in [-0.2, -0.15) is 0 Å². The van der Waals surface area contributed by atoms with E-state index in [-0.39, 0.29) is 33.6 Å². The first kappa shape index (κ1) is 18.1. The SMILES string of the molecule is O=P([O-])([O-])OP(=O)([O-])[O-].[Fe+2].[Ni+2]. The van der Waals surface area contributed by atoms with E-state index in [9.17, 15) is 28.7 Å². The van der Waals surface area contributed by atoms with Crippen LogP contribution in [0.4, 0.5) is 0 Å². The Labute approximate surface area is 82.4 Å². The molecule has 0 N–H and O–H groups in total. The molecule has 0 radical (unpaired) electrons. The summed E-state index contributed by atoms with van der Waals surface area (Å²) >= 11 is 0. The summed E-state index contributed by atoms with van der Waals surface area (Å²) in [6, 6.07) is 0. The van der Waals surface area contributed by atoms with Gasteiger partial charge in [0, 0.05) is 0 Å². The first-order valence-corrected chi connectivity index (χ1v) is 4.38. The molecule has 0 aliphatic rings. The molecule has 0 rings (SSSR count). The van der Waals surface area contributed by atoms with Crippen molar-refractivity contribution >= 4 is 15.6 Å². The third-order valence-corrected chi connectivity index (χ3v) is 1.80. The van der Waals surface area contributed by atoms with E-state index >= 15 is 0 Å². The van der Waals surface area contributed by atoms with Gasteiger partial charge in [-0.3, -0.25) is 0 Å². The van der Waals surface area contributed by atoms with E-state index < -0.39 is 15.6 Å². The molecule has 0 saturated heterocycles. The van der Waals surface area contributed by atoms with Gasteiger partial charge in [0.25, 0.3) is 0 Å². The van der Waals surface area contributed by atoms with Gasteiger partial charge in [-0.25, -0.2) is 0 Å². The Morgan fingerprint density at radius 1 is 0.909 bits per heavy atom. The van der Waals surface area contributed by atoms with E-state index in [0.29, 0.717) is 0 Å². The smallest absolute Gasteiger partial charge is 0.790 e. The molecule has 0 atom stereocenters. The summed E-state index contributed by atoms with van der Waals surface area (Å²) in [7, 11) is -11.4. The fraction of sp³-hybridized carbons (Fsp3) is 0. The third kappa shape index (κ3) is 18.3. The summed E-state index contributed by atoms with van der Waals surface area (Å²) < 4.78 is 21.2. The molecule has 0 amide bonds. The van der Waals surface area contributed by atoms with Crippen molar-refractivity contribution in [2.24, 2.45) is 0 Å². The van der Waals surface area contributed by atoms with Gasteiger partial charge in [-0.05, 0) is 0 Å². The molecule has 11 heavy (non-hydrogen) atoms. The molecule has 0 bridgehead atoms. The number of rotatable bonds is 2. The van der Waals surface area contributed by atoms with Crippen LogP contribution >= 0.6 is 15.6 Å². The van der Waals surface area contributed by atoms with Crippen LogP contribution in [-0.2, 0) is 47.0 Å². The average molecular weight is 288 g/mol. The van der Waals surface area contributed by atoms with Crippen LogP contribution in [-0.4, -0.2) is 0 Å². The quantitative estimate of drug-likeness (QED) is 0.382. The van der Waals surface area contributed by atoms with Crippen molar-refractivity contribution in [3.05, 3.63) is 0 Å². The van der Waals surface area contributed by atoms with E-state index in [0.717, 1.165) is 0 Å².